The number of alkyl halides is 3. The average molecular weight is 381 g/mol. The predicted octanol–water partition coefficient (Wildman–Crippen LogP) is 5.00. The van der Waals surface area contributed by atoms with E-state index in [0.29, 0.717) is 28.2 Å². The minimum absolute atomic E-state index is 0.120. The Bertz CT molecular complexity index is 604. The number of nitro benzene ring substituents is 1. The van der Waals surface area contributed by atoms with E-state index in [2.05, 4.69) is 11.9 Å². The molecule has 0 atom stereocenters. The third kappa shape index (κ3) is 4.06. The molecule has 0 radical (unpaired) electrons. The fraction of sp³-hybridized carbons (Fsp3) is 0.143. The van der Waals surface area contributed by atoms with E-state index < -0.39 is 35.1 Å². The maximum absolute atomic E-state index is 12.7. The van der Waals surface area contributed by atoms with Gasteiger partial charge < -0.3 is 0 Å². The minimum Gasteiger partial charge on any atom is -0.258 e. The summed E-state index contributed by atoms with van der Waals surface area (Å²) >= 11 is 1.35. The van der Waals surface area contributed by atoms with Crippen molar-refractivity contribution < 1.29 is 34.6 Å². The van der Waals surface area contributed by atoms with Crippen molar-refractivity contribution >= 4 is 47.7 Å². The van der Waals surface area contributed by atoms with Crippen molar-refractivity contribution in [1.82, 2.24) is 0 Å². The fourth-order valence-corrected chi connectivity index (χ4v) is 5.87. The highest BCUT2D eigenvalue weighted by Crippen LogP contribution is 2.68. The lowest BCUT2D eigenvalue weighted by atomic mass is 10.2. The maximum atomic E-state index is 12.7. The lowest BCUT2D eigenvalue weighted by molar-refractivity contribution is -0.391. The summed E-state index contributed by atoms with van der Waals surface area (Å²) in [5, 5.41) is 10.9. The van der Waals surface area contributed by atoms with Gasteiger partial charge in [-0.1, -0.05) is 6.07 Å². The number of phosphoric acid groups is 1. The summed E-state index contributed by atoms with van der Waals surface area (Å²) in [4.78, 5) is 9.20. The first-order valence-electron chi connectivity index (χ1n) is 4.75. The Balaban J connectivity index is 2.31. The van der Waals surface area contributed by atoms with Gasteiger partial charge in [-0.05, 0) is 12.1 Å². The quantitative estimate of drug-likeness (QED) is 0.235. The smallest absolute Gasteiger partial charge is 0.258 e. The summed E-state index contributed by atoms with van der Waals surface area (Å²) in [5.41, 5.74) is -2.63. The molecule has 1 saturated heterocycles. The molecular formula is C7H3F3NO6PS3. The first-order chi connectivity index (χ1) is 9.73. The van der Waals surface area contributed by atoms with Crippen LogP contribution in [0.2, 0.25) is 0 Å². The molecule has 1 aromatic rings. The molecule has 2 rings (SSSR count). The first kappa shape index (κ1) is 16.9. The molecule has 0 bridgehead atoms. The van der Waals surface area contributed by atoms with E-state index in [1.165, 1.54) is 0 Å². The lowest BCUT2D eigenvalue weighted by Crippen LogP contribution is -2.09. The summed E-state index contributed by atoms with van der Waals surface area (Å²) in [5.74, 6) is 0. The van der Waals surface area contributed by atoms with E-state index in [0.717, 1.165) is 12.1 Å². The van der Waals surface area contributed by atoms with E-state index in [1.54, 1.807) is 0 Å². The zero-order valence-corrected chi connectivity index (χ0v) is 12.8. The molecule has 1 aliphatic heterocycles. The number of rotatable bonds is 4. The van der Waals surface area contributed by atoms with Crippen LogP contribution in [0.5, 0.6) is 0 Å². The predicted molar refractivity (Wildman–Crippen MR) is 70.0 cm³/mol. The molecule has 7 nitrogen and oxygen atoms in total. The Morgan fingerprint density at radius 2 is 1.95 bits per heavy atom. The van der Waals surface area contributed by atoms with E-state index >= 15 is 0 Å². The molecule has 14 heteroatoms. The Kier molecular flexibility index (Phi) is 5.13. The van der Waals surface area contributed by atoms with E-state index in [-0.39, 0.29) is 12.0 Å². The van der Waals surface area contributed by atoms with Gasteiger partial charge in [-0.2, -0.15) is 21.1 Å². The summed E-state index contributed by atoms with van der Waals surface area (Å²) in [6.07, 6.45) is -4.91. The molecular weight excluding hydrogens is 378 g/mol. The minimum atomic E-state index is -4.91. The van der Waals surface area contributed by atoms with Gasteiger partial charge in [-0.15, -0.1) is 0 Å². The van der Waals surface area contributed by atoms with Crippen molar-refractivity contribution in [3.63, 3.8) is 0 Å². The average Bonchev–Trinajstić information content (AvgIpc) is 2.82. The number of halogens is 3. The number of para-hydroxylation sites is 1. The molecule has 0 saturated carbocycles. The van der Waals surface area contributed by atoms with Crippen LogP contribution in [0, 0.1) is 10.1 Å². The summed E-state index contributed by atoms with van der Waals surface area (Å²) < 4.78 is 63.6. The second-order valence-electron chi connectivity index (χ2n) is 3.30. The SMILES string of the molecule is O=[N+]([O-])c1c(SOP2(=O)OSSO2)cccc1C(F)(F)F. The van der Waals surface area contributed by atoms with Gasteiger partial charge in [0.1, 0.15) is 32.6 Å². The molecule has 0 unspecified atom stereocenters. The Hall–Kier alpha value is -0.430. The van der Waals surface area contributed by atoms with Gasteiger partial charge in [0.25, 0.3) is 5.69 Å². The van der Waals surface area contributed by atoms with Crippen LogP contribution in [0.4, 0.5) is 18.9 Å². The van der Waals surface area contributed by atoms with Crippen LogP contribution >= 0.6 is 42.0 Å². The highest BCUT2D eigenvalue weighted by atomic mass is 33.1. The van der Waals surface area contributed by atoms with E-state index in [1.807, 2.05) is 0 Å². The van der Waals surface area contributed by atoms with Crippen LogP contribution in [0.1, 0.15) is 5.56 Å². The van der Waals surface area contributed by atoms with Crippen molar-refractivity contribution in [3.8, 4) is 0 Å². The van der Waals surface area contributed by atoms with Gasteiger partial charge in [0.05, 0.1) is 4.92 Å². The molecule has 0 aliphatic carbocycles. The highest BCUT2D eigenvalue weighted by Gasteiger charge is 2.41. The van der Waals surface area contributed by atoms with Gasteiger partial charge in [0, 0.05) is 12.0 Å². The zero-order chi connectivity index (χ0) is 15.7. The molecule has 0 N–H and O–H groups in total. The van der Waals surface area contributed by atoms with Gasteiger partial charge in [-0.25, -0.2) is 8.54 Å². The summed E-state index contributed by atoms with van der Waals surface area (Å²) in [6, 6.07) is 2.57. The zero-order valence-electron chi connectivity index (χ0n) is 9.43. The number of hydrogen-bond donors (Lipinski definition) is 0. The summed E-state index contributed by atoms with van der Waals surface area (Å²) in [7, 11) is -3.96. The van der Waals surface area contributed by atoms with Crippen LogP contribution in [0.15, 0.2) is 23.1 Å². The normalized spacial score (nSPS) is 17.9. The highest BCUT2D eigenvalue weighted by molar-refractivity contribution is 8.75. The number of nitrogens with zero attached hydrogens (tertiary/aromatic N) is 1. The molecule has 116 valence electrons. The molecule has 1 aliphatic rings. The fourth-order valence-electron chi connectivity index (χ4n) is 1.23. The molecule has 21 heavy (non-hydrogen) atoms. The van der Waals surface area contributed by atoms with Crippen LogP contribution in [-0.4, -0.2) is 4.92 Å². The molecule has 1 heterocycles. The van der Waals surface area contributed by atoms with Crippen LogP contribution in [0.3, 0.4) is 0 Å². The van der Waals surface area contributed by atoms with Gasteiger partial charge in [0.2, 0.25) is 0 Å². The Labute approximate surface area is 127 Å². The van der Waals surface area contributed by atoms with Crippen molar-refractivity contribution in [2.24, 2.45) is 0 Å². The van der Waals surface area contributed by atoms with Crippen LogP contribution < -0.4 is 0 Å². The largest absolute Gasteiger partial charge is 0.510 e. The van der Waals surface area contributed by atoms with Crippen molar-refractivity contribution in [2.45, 2.75) is 11.1 Å². The van der Waals surface area contributed by atoms with Crippen LogP contribution in [-0.2, 0) is 22.7 Å². The molecule has 0 amide bonds. The third-order valence-corrected chi connectivity index (χ3v) is 6.78. The van der Waals surface area contributed by atoms with Gasteiger partial charge >= 0.3 is 14.0 Å². The molecule has 0 spiro atoms. The Morgan fingerprint density at radius 1 is 1.33 bits per heavy atom. The number of nitro groups is 1. The van der Waals surface area contributed by atoms with Crippen LogP contribution in [0.25, 0.3) is 0 Å². The Morgan fingerprint density at radius 3 is 2.48 bits per heavy atom. The van der Waals surface area contributed by atoms with Crippen molar-refractivity contribution in [3.05, 3.63) is 33.9 Å². The van der Waals surface area contributed by atoms with E-state index in [9.17, 15) is 27.9 Å². The molecule has 1 aromatic carbocycles. The maximum Gasteiger partial charge on any atom is 0.510 e. The molecule has 1 fully saturated rings. The topological polar surface area (TPSA) is 87.9 Å². The monoisotopic (exact) mass is 381 g/mol. The van der Waals surface area contributed by atoms with Gasteiger partial charge in [0.15, 0.2) is 0 Å². The molecule has 0 aromatic heterocycles. The number of hydrogen-bond acceptors (Lipinski definition) is 9. The standard InChI is InChI=1S/C7H3F3NO6PS3/c8-7(9,10)4-2-1-3-5(6(4)11(12)13)19-15-18(14)16-20-21-17-18/h1-3H. The number of benzene rings is 1. The summed E-state index contributed by atoms with van der Waals surface area (Å²) in [6.45, 7) is 0. The van der Waals surface area contributed by atoms with Crippen molar-refractivity contribution in [1.29, 1.82) is 0 Å². The second-order valence-corrected chi connectivity index (χ2v) is 7.68. The first-order valence-corrected chi connectivity index (χ1v) is 8.95. The van der Waals surface area contributed by atoms with E-state index in [4.69, 9.17) is 0 Å². The lowest BCUT2D eigenvalue weighted by Gasteiger charge is -2.10. The second kappa shape index (κ2) is 6.36. The third-order valence-electron chi connectivity index (χ3n) is 1.98. The van der Waals surface area contributed by atoms with Crippen molar-refractivity contribution in [2.75, 3.05) is 0 Å². The van der Waals surface area contributed by atoms with Gasteiger partial charge in [-0.3, -0.25) is 10.1 Å².